The predicted octanol–water partition coefficient (Wildman–Crippen LogP) is 4.79. The van der Waals surface area contributed by atoms with Gasteiger partial charge in [0.2, 0.25) is 0 Å². The second kappa shape index (κ2) is 7.86. The maximum Gasteiger partial charge on any atom is 0.254 e. The van der Waals surface area contributed by atoms with Crippen LogP contribution in [-0.2, 0) is 0 Å². The van der Waals surface area contributed by atoms with Crippen LogP contribution in [0.25, 0.3) is 0 Å². The van der Waals surface area contributed by atoms with Crippen molar-refractivity contribution in [3.8, 4) is 11.5 Å². The maximum absolute atomic E-state index is 13.0. The fourth-order valence-corrected chi connectivity index (χ4v) is 3.17. The van der Waals surface area contributed by atoms with Gasteiger partial charge in [-0.05, 0) is 56.1 Å². The summed E-state index contributed by atoms with van der Waals surface area (Å²) in [5.41, 5.74) is 0.589. The Bertz CT molecular complexity index is 624. The molecule has 0 aromatic heterocycles. The van der Waals surface area contributed by atoms with E-state index < -0.39 is 0 Å². The van der Waals surface area contributed by atoms with Crippen molar-refractivity contribution < 1.29 is 14.3 Å². The molecule has 0 aliphatic heterocycles. The Balaban J connectivity index is 1.76. The molecule has 0 saturated heterocycles. The molecule has 0 N–H and O–H groups in total. The van der Waals surface area contributed by atoms with E-state index in [9.17, 15) is 4.79 Å². The molecule has 4 nitrogen and oxygen atoms in total. The molecule has 0 radical (unpaired) electrons. The summed E-state index contributed by atoms with van der Waals surface area (Å²) in [6.45, 7) is 5.75. The van der Waals surface area contributed by atoms with Crippen LogP contribution in [0.3, 0.4) is 0 Å². The molecule has 25 heavy (non-hydrogen) atoms. The fraction of sp³-hybridized carbons (Fsp3) is 0.650. The van der Waals surface area contributed by atoms with Crippen LogP contribution in [0, 0.1) is 11.8 Å². The zero-order valence-electron chi connectivity index (χ0n) is 15.4. The molecule has 0 atom stereocenters. The van der Waals surface area contributed by atoms with Gasteiger partial charge in [0.15, 0.2) is 11.5 Å². The topological polar surface area (TPSA) is 38.8 Å². The van der Waals surface area contributed by atoms with Crippen molar-refractivity contribution in [3.05, 3.63) is 22.7 Å². The Labute approximate surface area is 155 Å². The van der Waals surface area contributed by atoms with Crippen LogP contribution in [-0.4, -0.2) is 37.1 Å². The van der Waals surface area contributed by atoms with Crippen molar-refractivity contribution in [3.63, 3.8) is 0 Å². The van der Waals surface area contributed by atoms with Gasteiger partial charge >= 0.3 is 0 Å². The molecular formula is C20H28ClNO3. The Hall–Kier alpha value is -1.42. The van der Waals surface area contributed by atoms with Gasteiger partial charge in [-0.15, -0.1) is 0 Å². The number of nitrogens with zero attached hydrogens (tertiary/aromatic N) is 1. The zero-order valence-corrected chi connectivity index (χ0v) is 16.1. The van der Waals surface area contributed by atoms with Gasteiger partial charge in [0.05, 0.1) is 18.7 Å². The van der Waals surface area contributed by atoms with Gasteiger partial charge in [-0.2, -0.15) is 0 Å². The minimum absolute atomic E-state index is 0.0586. The van der Waals surface area contributed by atoms with Crippen molar-refractivity contribution >= 4 is 17.5 Å². The number of ether oxygens (including phenoxy) is 2. The molecule has 2 fully saturated rings. The number of hydrogen-bond donors (Lipinski definition) is 0. The Kier molecular flexibility index (Phi) is 5.78. The van der Waals surface area contributed by atoms with E-state index in [4.69, 9.17) is 21.1 Å². The SMILES string of the molecule is COc1cc(C(=O)N(CC2CC2)C2CC2)cc(Cl)c1OCCC(C)C. The van der Waals surface area contributed by atoms with Crippen LogP contribution < -0.4 is 9.47 Å². The lowest BCUT2D eigenvalue weighted by molar-refractivity contribution is 0.0734. The van der Waals surface area contributed by atoms with Gasteiger partial charge in [-0.25, -0.2) is 0 Å². The molecule has 0 spiro atoms. The van der Waals surface area contributed by atoms with Crippen LogP contribution in [0.1, 0.15) is 56.3 Å². The van der Waals surface area contributed by atoms with E-state index in [0.717, 1.165) is 25.8 Å². The lowest BCUT2D eigenvalue weighted by atomic mass is 10.1. The highest BCUT2D eigenvalue weighted by Crippen LogP contribution is 2.39. The molecule has 138 valence electrons. The van der Waals surface area contributed by atoms with E-state index in [2.05, 4.69) is 13.8 Å². The molecule has 1 aromatic rings. The number of carbonyl (C=O) groups is 1. The van der Waals surface area contributed by atoms with Gasteiger partial charge in [0, 0.05) is 18.2 Å². The number of halogens is 1. The van der Waals surface area contributed by atoms with Crippen molar-refractivity contribution in [2.45, 2.75) is 52.0 Å². The van der Waals surface area contributed by atoms with Gasteiger partial charge in [-0.3, -0.25) is 4.79 Å². The highest BCUT2D eigenvalue weighted by atomic mass is 35.5. The summed E-state index contributed by atoms with van der Waals surface area (Å²) in [4.78, 5) is 15.0. The number of carbonyl (C=O) groups excluding carboxylic acids is 1. The summed E-state index contributed by atoms with van der Waals surface area (Å²) in [6, 6.07) is 3.89. The van der Waals surface area contributed by atoms with E-state index in [1.54, 1.807) is 19.2 Å². The van der Waals surface area contributed by atoms with Crippen LogP contribution in [0.2, 0.25) is 5.02 Å². The quantitative estimate of drug-likeness (QED) is 0.631. The third-order valence-electron chi connectivity index (χ3n) is 4.82. The molecule has 5 heteroatoms. The normalized spacial score (nSPS) is 16.8. The number of rotatable bonds is 9. The molecule has 0 bridgehead atoms. The minimum atomic E-state index is 0.0586. The van der Waals surface area contributed by atoms with E-state index in [1.165, 1.54) is 12.8 Å². The average Bonchev–Trinajstić information content (AvgIpc) is 3.46. The largest absolute Gasteiger partial charge is 0.493 e. The maximum atomic E-state index is 13.0. The lowest BCUT2D eigenvalue weighted by Gasteiger charge is -2.23. The summed E-state index contributed by atoms with van der Waals surface area (Å²) in [5.74, 6) is 2.35. The van der Waals surface area contributed by atoms with Crippen molar-refractivity contribution in [1.82, 2.24) is 4.90 Å². The lowest BCUT2D eigenvalue weighted by Crippen LogP contribution is -2.34. The third-order valence-corrected chi connectivity index (χ3v) is 5.10. The number of hydrogen-bond acceptors (Lipinski definition) is 3. The van der Waals surface area contributed by atoms with E-state index in [-0.39, 0.29) is 5.91 Å². The van der Waals surface area contributed by atoms with Crippen LogP contribution in [0.5, 0.6) is 11.5 Å². The third kappa shape index (κ3) is 4.81. The summed E-state index contributed by atoms with van der Waals surface area (Å²) < 4.78 is 11.3. The van der Waals surface area contributed by atoms with Crippen LogP contribution in [0.15, 0.2) is 12.1 Å². The smallest absolute Gasteiger partial charge is 0.254 e. The highest BCUT2D eigenvalue weighted by molar-refractivity contribution is 6.32. The average molecular weight is 366 g/mol. The molecule has 2 aliphatic carbocycles. The predicted molar refractivity (Wildman–Crippen MR) is 99.7 cm³/mol. The molecule has 2 aliphatic rings. The standard InChI is InChI=1S/C20H28ClNO3/c1-13(2)8-9-25-19-17(21)10-15(11-18(19)24-3)20(23)22(16-6-7-16)12-14-4-5-14/h10-11,13-14,16H,4-9,12H2,1-3H3. The monoisotopic (exact) mass is 365 g/mol. The molecule has 1 aromatic carbocycles. The Morgan fingerprint density at radius 1 is 1.28 bits per heavy atom. The second-order valence-corrected chi connectivity index (χ2v) is 8.06. The first-order valence-electron chi connectivity index (χ1n) is 9.31. The van der Waals surface area contributed by atoms with Gasteiger partial charge in [0.25, 0.3) is 5.91 Å². The second-order valence-electron chi connectivity index (χ2n) is 7.65. The summed E-state index contributed by atoms with van der Waals surface area (Å²) in [5, 5.41) is 0.439. The number of amides is 1. The first-order valence-corrected chi connectivity index (χ1v) is 9.68. The molecular weight excluding hydrogens is 338 g/mol. The fourth-order valence-electron chi connectivity index (χ4n) is 2.91. The summed E-state index contributed by atoms with van der Waals surface area (Å²) in [7, 11) is 1.58. The summed E-state index contributed by atoms with van der Waals surface area (Å²) >= 11 is 6.41. The van der Waals surface area contributed by atoms with Crippen molar-refractivity contribution in [2.24, 2.45) is 11.8 Å². The molecule has 0 unspecified atom stereocenters. The van der Waals surface area contributed by atoms with E-state index in [1.807, 2.05) is 4.90 Å². The van der Waals surface area contributed by atoms with Crippen molar-refractivity contribution in [2.75, 3.05) is 20.3 Å². The molecule has 1 amide bonds. The first-order chi connectivity index (χ1) is 12.0. The van der Waals surface area contributed by atoms with Crippen LogP contribution >= 0.6 is 11.6 Å². The van der Waals surface area contributed by atoms with E-state index >= 15 is 0 Å². The Morgan fingerprint density at radius 2 is 2.00 bits per heavy atom. The van der Waals surface area contributed by atoms with Gasteiger partial charge < -0.3 is 14.4 Å². The van der Waals surface area contributed by atoms with Crippen LogP contribution in [0.4, 0.5) is 0 Å². The Morgan fingerprint density at radius 3 is 2.56 bits per heavy atom. The summed E-state index contributed by atoms with van der Waals surface area (Å²) in [6.07, 6.45) is 5.64. The van der Waals surface area contributed by atoms with Crippen molar-refractivity contribution in [1.29, 1.82) is 0 Å². The minimum Gasteiger partial charge on any atom is -0.493 e. The zero-order chi connectivity index (χ0) is 18.0. The molecule has 2 saturated carbocycles. The first kappa shape index (κ1) is 18.4. The van der Waals surface area contributed by atoms with E-state index in [0.29, 0.717) is 46.6 Å². The number of benzene rings is 1. The number of methoxy groups -OCH3 is 1. The van der Waals surface area contributed by atoms with Gasteiger partial charge in [-0.1, -0.05) is 25.4 Å². The highest BCUT2D eigenvalue weighted by Gasteiger charge is 2.37. The molecule has 3 rings (SSSR count). The van der Waals surface area contributed by atoms with Gasteiger partial charge in [0.1, 0.15) is 0 Å². The molecule has 0 heterocycles.